The molecule has 0 saturated heterocycles. The summed E-state index contributed by atoms with van der Waals surface area (Å²) in [7, 11) is 1.64. The van der Waals surface area contributed by atoms with Crippen molar-refractivity contribution in [3.8, 4) is 17.0 Å². The third kappa shape index (κ3) is 1.97. The first-order valence-electron chi connectivity index (χ1n) is 4.57. The van der Waals surface area contributed by atoms with E-state index in [1.165, 1.54) is 0 Å². The number of H-pyrrole nitrogens is 1. The Balaban J connectivity index is 2.41. The lowest BCUT2D eigenvalue weighted by atomic mass is 10.2. The molecule has 2 aromatic rings. The molecular formula is C11H11ClN2O. The minimum atomic E-state index is 0.567. The van der Waals surface area contributed by atoms with Crippen molar-refractivity contribution in [3.05, 3.63) is 35.2 Å². The highest BCUT2D eigenvalue weighted by Crippen LogP contribution is 2.26. The van der Waals surface area contributed by atoms with Gasteiger partial charge in [0.1, 0.15) is 22.4 Å². The number of methoxy groups -OCH3 is 1. The molecule has 0 aliphatic heterocycles. The van der Waals surface area contributed by atoms with Crippen LogP contribution >= 0.6 is 11.6 Å². The molecule has 0 spiro atoms. The van der Waals surface area contributed by atoms with Gasteiger partial charge in [0.15, 0.2) is 0 Å². The minimum Gasteiger partial charge on any atom is -0.497 e. The van der Waals surface area contributed by atoms with Gasteiger partial charge in [0, 0.05) is 5.56 Å². The highest BCUT2D eigenvalue weighted by molar-refractivity contribution is 6.31. The number of ether oxygens (including phenoxy) is 1. The number of rotatable bonds is 2. The van der Waals surface area contributed by atoms with Gasteiger partial charge in [-0.25, -0.2) is 4.98 Å². The van der Waals surface area contributed by atoms with Crippen molar-refractivity contribution in [2.45, 2.75) is 6.92 Å². The maximum atomic E-state index is 6.00. The molecule has 1 N–H and O–H groups in total. The molecule has 0 fully saturated rings. The Morgan fingerprint density at radius 3 is 2.40 bits per heavy atom. The molecule has 0 bridgehead atoms. The number of hydrogen-bond acceptors (Lipinski definition) is 2. The predicted molar refractivity (Wildman–Crippen MR) is 60.3 cm³/mol. The summed E-state index contributed by atoms with van der Waals surface area (Å²) in [6.07, 6.45) is 0. The van der Waals surface area contributed by atoms with Crippen molar-refractivity contribution in [1.29, 1.82) is 0 Å². The molecule has 0 saturated carbocycles. The second kappa shape index (κ2) is 3.95. The van der Waals surface area contributed by atoms with E-state index in [1.54, 1.807) is 7.11 Å². The zero-order chi connectivity index (χ0) is 10.8. The van der Waals surface area contributed by atoms with E-state index in [0.29, 0.717) is 5.15 Å². The van der Waals surface area contributed by atoms with Crippen LogP contribution in [0.3, 0.4) is 0 Å². The molecule has 1 aromatic heterocycles. The number of aryl methyl sites for hydroxylation is 1. The monoisotopic (exact) mass is 222 g/mol. The number of nitrogens with zero attached hydrogens (tertiary/aromatic N) is 1. The molecule has 4 heteroatoms. The molecule has 0 radical (unpaired) electrons. The fourth-order valence-corrected chi connectivity index (χ4v) is 1.69. The molecule has 3 nitrogen and oxygen atoms in total. The van der Waals surface area contributed by atoms with E-state index in [2.05, 4.69) is 9.97 Å². The van der Waals surface area contributed by atoms with Gasteiger partial charge in [0.25, 0.3) is 0 Å². The number of halogens is 1. The third-order valence-corrected chi connectivity index (χ3v) is 2.42. The van der Waals surface area contributed by atoms with E-state index in [1.807, 2.05) is 31.2 Å². The number of aromatic amines is 1. The second-order valence-corrected chi connectivity index (χ2v) is 3.59. The summed E-state index contributed by atoms with van der Waals surface area (Å²) in [5.41, 5.74) is 1.75. The Labute approximate surface area is 93.1 Å². The topological polar surface area (TPSA) is 37.9 Å². The third-order valence-electron chi connectivity index (χ3n) is 2.14. The Morgan fingerprint density at radius 2 is 1.93 bits per heavy atom. The van der Waals surface area contributed by atoms with Gasteiger partial charge in [-0.05, 0) is 31.2 Å². The smallest absolute Gasteiger partial charge is 0.134 e. The zero-order valence-electron chi connectivity index (χ0n) is 8.54. The van der Waals surface area contributed by atoms with Crippen LogP contribution in [0.15, 0.2) is 24.3 Å². The average Bonchev–Trinajstić information content (AvgIpc) is 2.58. The van der Waals surface area contributed by atoms with Crippen LogP contribution in [0.25, 0.3) is 11.3 Å². The van der Waals surface area contributed by atoms with Crippen molar-refractivity contribution < 1.29 is 4.74 Å². The van der Waals surface area contributed by atoms with Crippen LogP contribution in [0.4, 0.5) is 0 Å². The largest absolute Gasteiger partial charge is 0.497 e. The maximum absolute atomic E-state index is 6.00. The number of nitrogens with one attached hydrogen (secondary N) is 1. The van der Waals surface area contributed by atoms with Crippen LogP contribution in [-0.4, -0.2) is 17.1 Å². The second-order valence-electron chi connectivity index (χ2n) is 3.21. The van der Waals surface area contributed by atoms with Crippen LogP contribution < -0.4 is 4.74 Å². The van der Waals surface area contributed by atoms with Crippen molar-refractivity contribution in [2.24, 2.45) is 0 Å². The standard InChI is InChI=1S/C11H11ClN2O/c1-7-13-10(11(12)14-7)8-3-5-9(15-2)6-4-8/h3-6H,1-2H3,(H,13,14). The van der Waals surface area contributed by atoms with Crippen molar-refractivity contribution in [3.63, 3.8) is 0 Å². The van der Waals surface area contributed by atoms with E-state index in [-0.39, 0.29) is 0 Å². The summed E-state index contributed by atoms with van der Waals surface area (Å²) in [5, 5.41) is 0.567. The predicted octanol–water partition coefficient (Wildman–Crippen LogP) is 3.05. The average molecular weight is 223 g/mol. The van der Waals surface area contributed by atoms with Gasteiger partial charge in [0.05, 0.1) is 7.11 Å². The highest BCUT2D eigenvalue weighted by Gasteiger charge is 2.07. The quantitative estimate of drug-likeness (QED) is 0.848. The summed E-state index contributed by atoms with van der Waals surface area (Å²) < 4.78 is 5.08. The maximum Gasteiger partial charge on any atom is 0.134 e. The summed E-state index contributed by atoms with van der Waals surface area (Å²) in [4.78, 5) is 7.27. The molecule has 78 valence electrons. The molecule has 0 unspecified atom stereocenters. The zero-order valence-corrected chi connectivity index (χ0v) is 9.30. The van der Waals surface area contributed by atoms with E-state index in [4.69, 9.17) is 16.3 Å². The van der Waals surface area contributed by atoms with Crippen LogP contribution in [-0.2, 0) is 0 Å². The Morgan fingerprint density at radius 1 is 1.27 bits per heavy atom. The van der Waals surface area contributed by atoms with Gasteiger partial charge in [-0.2, -0.15) is 0 Å². The van der Waals surface area contributed by atoms with Crippen molar-refractivity contribution >= 4 is 11.6 Å². The van der Waals surface area contributed by atoms with Gasteiger partial charge in [-0.3, -0.25) is 0 Å². The number of benzene rings is 1. The molecule has 0 aliphatic carbocycles. The van der Waals surface area contributed by atoms with Crippen LogP contribution in [0, 0.1) is 6.92 Å². The first-order valence-corrected chi connectivity index (χ1v) is 4.95. The van der Waals surface area contributed by atoms with Gasteiger partial charge >= 0.3 is 0 Å². The summed E-state index contributed by atoms with van der Waals surface area (Å²) in [6, 6.07) is 7.63. The molecule has 15 heavy (non-hydrogen) atoms. The lowest BCUT2D eigenvalue weighted by Crippen LogP contribution is -1.83. The molecule has 0 atom stereocenters. The normalized spacial score (nSPS) is 10.3. The molecule has 1 heterocycles. The van der Waals surface area contributed by atoms with Gasteiger partial charge in [-0.1, -0.05) is 11.6 Å². The van der Waals surface area contributed by atoms with E-state index in [0.717, 1.165) is 22.8 Å². The number of imidazole rings is 1. The first kappa shape index (κ1) is 10.1. The first-order chi connectivity index (χ1) is 7.20. The molecular weight excluding hydrogens is 212 g/mol. The van der Waals surface area contributed by atoms with Crippen molar-refractivity contribution in [1.82, 2.24) is 9.97 Å². The SMILES string of the molecule is COc1ccc(-c2nc(C)[nH]c2Cl)cc1. The molecule has 1 aromatic carbocycles. The van der Waals surface area contributed by atoms with E-state index in [9.17, 15) is 0 Å². The van der Waals surface area contributed by atoms with Gasteiger partial charge in [0.2, 0.25) is 0 Å². The number of hydrogen-bond donors (Lipinski definition) is 1. The van der Waals surface area contributed by atoms with Gasteiger partial charge < -0.3 is 9.72 Å². The minimum absolute atomic E-state index is 0.567. The van der Waals surface area contributed by atoms with Crippen LogP contribution in [0.2, 0.25) is 5.15 Å². The Bertz CT molecular complexity index is 462. The molecule has 2 rings (SSSR count). The Hall–Kier alpha value is -1.48. The van der Waals surface area contributed by atoms with E-state index < -0.39 is 0 Å². The lowest BCUT2D eigenvalue weighted by Gasteiger charge is -2.00. The summed E-state index contributed by atoms with van der Waals surface area (Å²) in [5.74, 6) is 1.63. The fourth-order valence-electron chi connectivity index (χ4n) is 1.40. The Kier molecular flexibility index (Phi) is 2.64. The highest BCUT2D eigenvalue weighted by atomic mass is 35.5. The van der Waals surface area contributed by atoms with Crippen molar-refractivity contribution in [2.75, 3.05) is 7.11 Å². The van der Waals surface area contributed by atoms with E-state index >= 15 is 0 Å². The molecule has 0 amide bonds. The number of aromatic nitrogens is 2. The molecule has 0 aliphatic rings. The van der Waals surface area contributed by atoms with Gasteiger partial charge in [-0.15, -0.1) is 0 Å². The lowest BCUT2D eigenvalue weighted by molar-refractivity contribution is 0.415. The van der Waals surface area contributed by atoms with Crippen LogP contribution in [0.1, 0.15) is 5.82 Å². The summed E-state index contributed by atoms with van der Waals surface area (Å²) in [6.45, 7) is 1.87. The van der Waals surface area contributed by atoms with Crippen LogP contribution in [0.5, 0.6) is 5.75 Å². The summed E-state index contributed by atoms with van der Waals surface area (Å²) >= 11 is 6.00. The fraction of sp³-hybridized carbons (Fsp3) is 0.182.